The Balaban J connectivity index is 1.15. The van der Waals surface area contributed by atoms with Crippen molar-refractivity contribution in [3.05, 3.63) is 107 Å². The summed E-state index contributed by atoms with van der Waals surface area (Å²) in [6, 6.07) is 15.5. The number of hydrogen-bond donors (Lipinski definition) is 1. The lowest BCUT2D eigenvalue weighted by molar-refractivity contribution is -0.149. The number of aromatic nitrogens is 2. The molecule has 5 heterocycles. The van der Waals surface area contributed by atoms with E-state index in [2.05, 4.69) is 21.4 Å². The molecule has 3 saturated heterocycles. The Labute approximate surface area is 297 Å². The largest absolute Gasteiger partial charge is 0.466 e. The fourth-order valence-electron chi connectivity index (χ4n) is 7.79. The number of allylic oxidation sites excluding steroid dienone is 1. The molecule has 7 rings (SSSR count). The van der Waals surface area contributed by atoms with Crippen LogP contribution in [0.2, 0.25) is 0 Å². The monoisotopic (exact) mass is 709 g/mol. The third-order valence-electron chi connectivity index (χ3n) is 10.5. The number of piperidine rings is 2. The number of ketones is 1. The van der Waals surface area contributed by atoms with Gasteiger partial charge in [-0.3, -0.25) is 29.3 Å². The summed E-state index contributed by atoms with van der Waals surface area (Å²) in [6.45, 7) is 3.02. The Morgan fingerprint density at radius 3 is 2.04 bits per heavy atom. The smallest absolute Gasteiger partial charge is 0.309 e. The number of carbonyl (C=O) groups is 3. The highest BCUT2D eigenvalue weighted by Crippen LogP contribution is 2.53. The second kappa shape index (κ2) is 14.0. The number of benzene rings is 1. The number of esters is 1. The van der Waals surface area contributed by atoms with E-state index in [4.69, 9.17) is 4.74 Å². The molecule has 1 amide bonds. The predicted octanol–water partition coefficient (Wildman–Crippen LogP) is 2.48. The molecule has 4 aliphatic rings. The number of pyridine rings is 2. The Morgan fingerprint density at radius 2 is 1.51 bits per heavy atom. The van der Waals surface area contributed by atoms with Crippen LogP contribution in [0, 0.1) is 29.1 Å². The topological polar surface area (TPSA) is 166 Å². The van der Waals surface area contributed by atoms with Gasteiger partial charge in [0.25, 0.3) is 16.1 Å². The van der Waals surface area contributed by atoms with Crippen LogP contribution in [0.5, 0.6) is 0 Å². The average molecular weight is 710 g/mol. The zero-order valence-electron chi connectivity index (χ0n) is 28.2. The molecule has 1 saturated carbocycles. The molecule has 51 heavy (non-hydrogen) atoms. The number of ether oxygens (including phenoxy) is 1. The van der Waals surface area contributed by atoms with Crippen LogP contribution in [0.25, 0.3) is 0 Å². The number of amides is 1. The number of nitrogens with zero attached hydrogens (tertiary/aromatic N) is 6. The first kappa shape index (κ1) is 34.5. The van der Waals surface area contributed by atoms with Gasteiger partial charge in [-0.15, -0.1) is 0 Å². The lowest BCUT2D eigenvalue weighted by Crippen LogP contribution is -2.51. The number of hydrogen-bond acceptors (Lipinski definition) is 10. The molecule has 13 nitrogen and oxygen atoms in total. The van der Waals surface area contributed by atoms with Gasteiger partial charge < -0.3 is 10.1 Å². The maximum Gasteiger partial charge on any atom is 0.309 e. The molecule has 0 unspecified atom stereocenters. The molecule has 1 aromatic carbocycles. The van der Waals surface area contributed by atoms with Crippen LogP contribution in [0.4, 0.5) is 0 Å². The third kappa shape index (κ3) is 6.76. The maximum absolute atomic E-state index is 14.9. The van der Waals surface area contributed by atoms with Crippen molar-refractivity contribution >= 4 is 27.9 Å². The summed E-state index contributed by atoms with van der Waals surface area (Å²) in [5.74, 6) is -0.975. The lowest BCUT2D eigenvalue weighted by Gasteiger charge is -2.34. The fraction of sp³-hybridized carbons (Fsp3) is 0.405. The molecule has 3 aliphatic heterocycles. The van der Waals surface area contributed by atoms with Gasteiger partial charge in [-0.2, -0.15) is 22.3 Å². The van der Waals surface area contributed by atoms with Crippen molar-refractivity contribution in [2.45, 2.75) is 44.2 Å². The van der Waals surface area contributed by atoms with E-state index in [0.717, 1.165) is 11.1 Å². The zero-order valence-corrected chi connectivity index (χ0v) is 29.0. The Morgan fingerprint density at radius 1 is 0.941 bits per heavy atom. The van der Waals surface area contributed by atoms with Crippen molar-refractivity contribution < 1.29 is 27.5 Å². The second-order valence-electron chi connectivity index (χ2n) is 13.6. The van der Waals surface area contributed by atoms with Gasteiger partial charge in [-0.1, -0.05) is 0 Å². The predicted molar refractivity (Wildman–Crippen MR) is 184 cm³/mol. The van der Waals surface area contributed by atoms with Gasteiger partial charge in [-0.05, 0) is 79.4 Å². The molecule has 4 fully saturated rings. The van der Waals surface area contributed by atoms with E-state index in [9.17, 15) is 28.1 Å². The summed E-state index contributed by atoms with van der Waals surface area (Å²) in [7, 11) is -3.77. The molecular weight excluding hydrogens is 671 g/mol. The molecule has 14 heteroatoms. The van der Waals surface area contributed by atoms with E-state index < -0.39 is 15.7 Å². The Kier molecular flexibility index (Phi) is 9.45. The van der Waals surface area contributed by atoms with Gasteiger partial charge in [0, 0.05) is 93.3 Å². The average Bonchev–Trinajstić information content (AvgIpc) is 3.47. The summed E-state index contributed by atoms with van der Waals surface area (Å²) < 4.78 is 35.5. The van der Waals surface area contributed by atoms with Gasteiger partial charge in [0.2, 0.25) is 0 Å². The van der Waals surface area contributed by atoms with Crippen LogP contribution < -0.4 is 5.32 Å². The summed E-state index contributed by atoms with van der Waals surface area (Å²) in [5, 5.41) is 12.7. The number of rotatable bonds is 11. The van der Waals surface area contributed by atoms with Crippen molar-refractivity contribution in [3.63, 3.8) is 0 Å². The molecule has 264 valence electrons. The normalized spacial score (nSPS) is 24.2. The minimum Gasteiger partial charge on any atom is -0.466 e. The molecule has 0 spiro atoms. The van der Waals surface area contributed by atoms with Crippen LogP contribution in [0.1, 0.15) is 46.8 Å². The van der Waals surface area contributed by atoms with E-state index in [0.29, 0.717) is 49.2 Å². The number of carbonyl (C=O) groups excluding carboxylic acids is 3. The third-order valence-corrected chi connectivity index (χ3v) is 12.4. The van der Waals surface area contributed by atoms with Gasteiger partial charge in [-0.25, -0.2) is 0 Å². The number of nitriles is 1. The Hall–Kier alpha value is -4.97. The van der Waals surface area contributed by atoms with E-state index in [-0.39, 0.29) is 67.6 Å². The van der Waals surface area contributed by atoms with Crippen LogP contribution in [-0.2, 0) is 37.4 Å². The molecule has 0 radical (unpaired) electrons. The first-order chi connectivity index (χ1) is 24.6. The molecule has 3 atom stereocenters. The highest BCUT2D eigenvalue weighted by atomic mass is 32.2. The van der Waals surface area contributed by atoms with Crippen LogP contribution in [-0.4, -0.2) is 93.9 Å². The minimum absolute atomic E-state index is 0.117. The molecule has 1 N–H and O–H groups in total. The van der Waals surface area contributed by atoms with Gasteiger partial charge in [0.05, 0.1) is 24.2 Å². The highest BCUT2D eigenvalue weighted by Gasteiger charge is 2.66. The molecule has 3 aromatic rings. The van der Waals surface area contributed by atoms with Crippen molar-refractivity contribution in [1.82, 2.24) is 28.8 Å². The minimum atomic E-state index is -3.77. The van der Waals surface area contributed by atoms with Gasteiger partial charge in [0.1, 0.15) is 11.4 Å². The lowest BCUT2D eigenvalue weighted by atomic mass is 9.85. The van der Waals surface area contributed by atoms with Crippen molar-refractivity contribution in [3.8, 4) is 6.07 Å². The van der Waals surface area contributed by atoms with Crippen molar-refractivity contribution in [2.24, 2.45) is 17.8 Å². The van der Waals surface area contributed by atoms with E-state index in [1.54, 1.807) is 60.9 Å². The summed E-state index contributed by atoms with van der Waals surface area (Å²) in [5.41, 5.74) is 1.43. The second-order valence-corrected chi connectivity index (χ2v) is 15.5. The van der Waals surface area contributed by atoms with E-state index in [1.165, 1.54) is 14.7 Å². The standard InChI is InChI=1S/C37H39N7O6S/c1-2-50-35(46)29-11-17-42(18-12-29)51(48,49)43-23-30-31(24-43)34(30)44-33(19-32(45)28-5-3-27(22-38)4-6-28)41-37(36(44)47,20-25-7-13-39-14-8-25)21-26-9-15-40-16-10-26/h3-10,13-16,19,29-31,34,41H,2,11-12,17-18,20-21,23-24H2,1H3/b33-19+/t30-,31+,34+. The number of fused-ring (bicyclic) bond motifs is 1. The summed E-state index contributed by atoms with van der Waals surface area (Å²) >= 11 is 0. The van der Waals surface area contributed by atoms with Crippen LogP contribution in [0.3, 0.4) is 0 Å². The van der Waals surface area contributed by atoms with Crippen molar-refractivity contribution in [2.75, 3.05) is 32.8 Å². The summed E-state index contributed by atoms with van der Waals surface area (Å²) in [6.07, 6.45) is 9.61. The molecule has 2 aromatic heterocycles. The number of nitrogens with one attached hydrogen (secondary N) is 1. The van der Waals surface area contributed by atoms with Gasteiger partial charge >= 0.3 is 5.97 Å². The Bertz CT molecular complexity index is 1920. The first-order valence-electron chi connectivity index (χ1n) is 17.2. The summed E-state index contributed by atoms with van der Waals surface area (Å²) in [4.78, 5) is 50.7. The first-order valence-corrected chi connectivity index (χ1v) is 18.6. The van der Waals surface area contributed by atoms with E-state index in [1.807, 2.05) is 24.3 Å². The van der Waals surface area contributed by atoms with Crippen molar-refractivity contribution in [1.29, 1.82) is 5.26 Å². The maximum atomic E-state index is 14.9. The molecule has 0 bridgehead atoms. The van der Waals surface area contributed by atoms with Crippen LogP contribution >= 0.6 is 0 Å². The van der Waals surface area contributed by atoms with Crippen LogP contribution in [0.15, 0.2) is 85.2 Å². The highest BCUT2D eigenvalue weighted by molar-refractivity contribution is 7.86. The van der Waals surface area contributed by atoms with Gasteiger partial charge in [0.15, 0.2) is 5.78 Å². The fourth-order valence-corrected chi connectivity index (χ4v) is 9.51. The quantitative estimate of drug-likeness (QED) is 0.178. The van der Waals surface area contributed by atoms with E-state index >= 15 is 0 Å². The molecular formula is C37H39N7O6S. The molecule has 1 aliphatic carbocycles. The SMILES string of the molecule is CCOC(=O)C1CCN(S(=O)(=O)N2C[C@@H]3[C@H](C2)[C@H]3N2C(=O)C(Cc3ccncc3)(Cc3ccncc3)N/C2=C\C(=O)c2ccc(C#N)cc2)CC1. The zero-order chi connectivity index (χ0) is 35.8.